The number of benzene rings is 3. The summed E-state index contributed by atoms with van der Waals surface area (Å²) in [6, 6.07) is 23.4. The van der Waals surface area contributed by atoms with Crippen LogP contribution < -0.4 is 15.4 Å². The van der Waals surface area contributed by atoms with E-state index in [1.807, 2.05) is 94.5 Å². The Balaban J connectivity index is 1.39. The second kappa shape index (κ2) is 14.0. The summed E-state index contributed by atoms with van der Waals surface area (Å²) < 4.78 is 6.07. The van der Waals surface area contributed by atoms with Crippen LogP contribution in [0.4, 0.5) is 10.5 Å². The van der Waals surface area contributed by atoms with Crippen molar-refractivity contribution in [2.24, 2.45) is 0 Å². The maximum Gasteiger partial charge on any atom is 0.318 e. The number of anilines is 1. The number of urea groups is 1. The number of likely N-dealkylation sites (tertiary alicyclic amines) is 1. The van der Waals surface area contributed by atoms with E-state index in [2.05, 4.69) is 44.8 Å². The van der Waals surface area contributed by atoms with E-state index in [9.17, 15) is 9.59 Å². The largest absolute Gasteiger partial charge is 0.489 e. The topological polar surface area (TPSA) is 89.7 Å². The van der Waals surface area contributed by atoms with E-state index in [-0.39, 0.29) is 24.0 Å². The van der Waals surface area contributed by atoms with Gasteiger partial charge in [-0.1, -0.05) is 61.5 Å². The SMILES string of the molecule is CC(C)Oc1ccc(CN(C)C)cc1NC(=O)[C@H](NC(=O)N1CCC(c2ccccc2)CC1)[C@H](C)c1c[nH]c2ccccc12. The zero-order valence-electron chi connectivity index (χ0n) is 26.5. The van der Waals surface area contributed by atoms with Crippen LogP contribution in [0.25, 0.3) is 10.9 Å². The van der Waals surface area contributed by atoms with Crippen LogP contribution in [-0.4, -0.2) is 66.1 Å². The molecule has 1 aliphatic heterocycles. The predicted molar refractivity (Wildman–Crippen MR) is 177 cm³/mol. The third-order valence-corrected chi connectivity index (χ3v) is 8.39. The fourth-order valence-electron chi connectivity index (χ4n) is 6.14. The van der Waals surface area contributed by atoms with Gasteiger partial charge in [-0.05, 0) is 81.6 Å². The van der Waals surface area contributed by atoms with E-state index in [0.29, 0.717) is 30.4 Å². The normalized spacial score (nSPS) is 15.4. The smallest absolute Gasteiger partial charge is 0.318 e. The maximum atomic E-state index is 14.2. The average molecular weight is 596 g/mol. The molecule has 2 atom stereocenters. The molecule has 0 unspecified atom stereocenters. The first-order valence-electron chi connectivity index (χ1n) is 15.6. The van der Waals surface area contributed by atoms with E-state index >= 15 is 0 Å². The highest BCUT2D eigenvalue weighted by Crippen LogP contribution is 2.32. The fourth-order valence-corrected chi connectivity index (χ4v) is 6.14. The van der Waals surface area contributed by atoms with Crippen molar-refractivity contribution in [3.05, 3.63) is 95.7 Å². The highest BCUT2D eigenvalue weighted by molar-refractivity contribution is 5.99. The lowest BCUT2D eigenvalue weighted by atomic mass is 9.89. The fraction of sp³-hybridized carbons (Fsp3) is 0.389. The number of carbonyl (C=O) groups excluding carboxylic acids is 2. The van der Waals surface area contributed by atoms with Crippen molar-refractivity contribution in [1.82, 2.24) is 20.1 Å². The van der Waals surface area contributed by atoms with Crippen LogP contribution in [0.2, 0.25) is 0 Å². The van der Waals surface area contributed by atoms with Crippen molar-refractivity contribution in [2.45, 2.75) is 64.1 Å². The Morgan fingerprint density at radius 2 is 1.68 bits per heavy atom. The quantitative estimate of drug-likeness (QED) is 0.190. The third kappa shape index (κ3) is 7.42. The lowest BCUT2D eigenvalue weighted by molar-refractivity contribution is -0.118. The van der Waals surface area contributed by atoms with Gasteiger partial charge in [-0.15, -0.1) is 0 Å². The number of nitrogens with one attached hydrogen (secondary N) is 3. The van der Waals surface area contributed by atoms with Crippen LogP contribution in [0, 0.1) is 0 Å². The number of H-pyrrole nitrogens is 1. The molecule has 44 heavy (non-hydrogen) atoms. The van der Waals surface area contributed by atoms with E-state index in [4.69, 9.17) is 4.74 Å². The standard InChI is InChI=1S/C36H45N5O3/c1-24(2)44-33-16-15-26(23-40(4)5)21-32(33)38-35(42)34(25(3)30-22-37-31-14-10-9-13-29(30)31)39-36(43)41-19-17-28(18-20-41)27-11-7-6-8-12-27/h6-16,21-22,24-25,28,34,37H,17-20,23H2,1-5H3,(H,38,42)(H,39,43)/t25-,34-/m1/s1. The highest BCUT2D eigenvalue weighted by Gasteiger charge is 2.33. The number of piperidine rings is 1. The summed E-state index contributed by atoms with van der Waals surface area (Å²) in [5.41, 5.74) is 4.93. The molecule has 1 aliphatic rings. The first-order valence-corrected chi connectivity index (χ1v) is 15.6. The summed E-state index contributed by atoms with van der Waals surface area (Å²) in [5.74, 6) is 0.435. The van der Waals surface area contributed by atoms with E-state index in [1.54, 1.807) is 0 Å². The van der Waals surface area contributed by atoms with Gasteiger partial charge in [0.05, 0.1) is 11.8 Å². The number of amides is 3. The summed E-state index contributed by atoms with van der Waals surface area (Å²) in [6.45, 7) is 7.91. The molecule has 0 bridgehead atoms. The van der Waals surface area contributed by atoms with Gasteiger partial charge in [0.2, 0.25) is 5.91 Å². The van der Waals surface area contributed by atoms with Gasteiger partial charge in [-0.25, -0.2) is 4.79 Å². The van der Waals surface area contributed by atoms with Crippen LogP contribution >= 0.6 is 0 Å². The van der Waals surface area contributed by atoms with Crippen LogP contribution in [0.5, 0.6) is 5.75 Å². The van der Waals surface area contributed by atoms with Crippen molar-refractivity contribution in [1.29, 1.82) is 0 Å². The number of aromatic nitrogens is 1. The van der Waals surface area contributed by atoms with Gasteiger partial charge in [-0.2, -0.15) is 0 Å². The third-order valence-electron chi connectivity index (χ3n) is 8.39. The predicted octanol–water partition coefficient (Wildman–Crippen LogP) is 6.72. The Bertz CT molecular complexity index is 1560. The van der Waals surface area contributed by atoms with Crippen LogP contribution in [0.15, 0.2) is 79.0 Å². The van der Waals surface area contributed by atoms with Crippen LogP contribution in [0.1, 0.15) is 62.1 Å². The number of hydrogen-bond acceptors (Lipinski definition) is 4. The molecule has 5 rings (SSSR count). The molecule has 3 aromatic carbocycles. The molecule has 232 valence electrons. The minimum absolute atomic E-state index is 0.0650. The minimum Gasteiger partial charge on any atom is -0.489 e. The van der Waals surface area contributed by atoms with E-state index in [0.717, 1.165) is 41.4 Å². The number of rotatable bonds is 10. The molecule has 8 heteroatoms. The summed E-state index contributed by atoms with van der Waals surface area (Å²) >= 11 is 0. The maximum absolute atomic E-state index is 14.2. The van der Waals surface area contributed by atoms with Crippen molar-refractivity contribution in [3.8, 4) is 5.75 Å². The van der Waals surface area contributed by atoms with Gasteiger partial charge < -0.3 is 30.2 Å². The highest BCUT2D eigenvalue weighted by atomic mass is 16.5. The Hall–Kier alpha value is -4.30. The number of carbonyl (C=O) groups is 2. The Morgan fingerprint density at radius 3 is 2.39 bits per heavy atom. The van der Waals surface area contributed by atoms with Crippen LogP contribution in [-0.2, 0) is 11.3 Å². The molecule has 0 saturated carbocycles. The molecule has 0 aliphatic carbocycles. The lowest BCUT2D eigenvalue weighted by Gasteiger charge is -2.34. The first-order chi connectivity index (χ1) is 21.2. The molecule has 0 radical (unpaired) electrons. The van der Waals surface area contributed by atoms with Crippen molar-refractivity contribution in [2.75, 3.05) is 32.5 Å². The van der Waals surface area contributed by atoms with Gasteiger partial charge in [-0.3, -0.25) is 4.79 Å². The van der Waals surface area contributed by atoms with Gasteiger partial charge in [0.15, 0.2) is 0 Å². The number of aromatic amines is 1. The van der Waals surface area contributed by atoms with Crippen molar-refractivity contribution in [3.63, 3.8) is 0 Å². The Morgan fingerprint density at radius 1 is 0.977 bits per heavy atom. The summed E-state index contributed by atoms with van der Waals surface area (Å²) in [5, 5.41) is 7.30. The van der Waals surface area contributed by atoms with Crippen LogP contribution in [0.3, 0.4) is 0 Å². The summed E-state index contributed by atoms with van der Waals surface area (Å²) in [4.78, 5) is 35.2. The first kappa shape index (κ1) is 31.1. The zero-order valence-corrected chi connectivity index (χ0v) is 26.5. The van der Waals surface area contributed by atoms with Crippen molar-refractivity contribution >= 4 is 28.5 Å². The zero-order chi connectivity index (χ0) is 31.2. The molecule has 3 N–H and O–H groups in total. The molecule has 3 amide bonds. The number of para-hydroxylation sites is 1. The van der Waals surface area contributed by atoms with E-state index < -0.39 is 6.04 Å². The molecule has 1 aromatic heterocycles. The summed E-state index contributed by atoms with van der Waals surface area (Å²) in [7, 11) is 4.02. The summed E-state index contributed by atoms with van der Waals surface area (Å²) in [6.07, 6.45) is 3.66. The number of nitrogens with zero attached hydrogens (tertiary/aromatic N) is 2. The molecule has 8 nitrogen and oxygen atoms in total. The van der Waals surface area contributed by atoms with Gasteiger partial charge in [0.25, 0.3) is 0 Å². The number of ether oxygens (including phenoxy) is 1. The molecule has 1 saturated heterocycles. The number of fused-ring (bicyclic) bond motifs is 1. The lowest BCUT2D eigenvalue weighted by Crippen LogP contribution is -2.53. The molecular formula is C36H45N5O3. The van der Waals surface area contributed by atoms with Crippen molar-refractivity contribution < 1.29 is 14.3 Å². The van der Waals surface area contributed by atoms with E-state index in [1.165, 1.54) is 5.56 Å². The molecule has 1 fully saturated rings. The molecule has 4 aromatic rings. The van der Waals surface area contributed by atoms with Gasteiger partial charge >= 0.3 is 6.03 Å². The Kier molecular flexibility index (Phi) is 9.90. The van der Waals surface area contributed by atoms with Gasteiger partial charge in [0, 0.05) is 42.7 Å². The Labute approximate surface area is 260 Å². The molecule has 0 spiro atoms. The average Bonchev–Trinajstić information content (AvgIpc) is 3.45. The monoisotopic (exact) mass is 595 g/mol. The van der Waals surface area contributed by atoms with Gasteiger partial charge in [0.1, 0.15) is 11.8 Å². The molecule has 2 heterocycles. The number of hydrogen-bond donors (Lipinski definition) is 3. The second-order valence-corrected chi connectivity index (χ2v) is 12.4. The second-order valence-electron chi connectivity index (χ2n) is 12.4. The molecular weight excluding hydrogens is 550 g/mol. The minimum atomic E-state index is -0.821.